The number of benzene rings is 1. The Balaban J connectivity index is 0.000000271. The van der Waals surface area contributed by atoms with E-state index >= 15 is 0 Å². The number of nitrogens with two attached hydrogens (primary N) is 2. The van der Waals surface area contributed by atoms with Gasteiger partial charge in [-0.15, -0.1) is 0 Å². The first kappa shape index (κ1) is 23.0. The second-order valence-corrected chi connectivity index (χ2v) is 7.45. The summed E-state index contributed by atoms with van der Waals surface area (Å²) in [6.45, 7) is 0. The molecule has 0 saturated heterocycles. The van der Waals surface area contributed by atoms with Crippen molar-refractivity contribution in [2.45, 2.75) is 38.1 Å². The van der Waals surface area contributed by atoms with E-state index in [1.807, 2.05) is 26.2 Å². The first-order chi connectivity index (χ1) is 12.7. The Kier molecular flexibility index (Phi) is 9.89. The summed E-state index contributed by atoms with van der Waals surface area (Å²) in [5.41, 5.74) is 12.2. The molecule has 0 spiro atoms. The summed E-state index contributed by atoms with van der Waals surface area (Å²) in [7, 11) is 5.26. The number of rotatable bonds is 5. The van der Waals surface area contributed by atoms with E-state index in [0.29, 0.717) is 29.1 Å². The molecule has 2 unspecified atom stereocenters. The highest BCUT2D eigenvalue weighted by molar-refractivity contribution is 6.30. The minimum Gasteiger partial charge on any atom is -0.384 e. The molecule has 2 atom stereocenters. The Labute approximate surface area is 166 Å². The first-order valence-electron chi connectivity index (χ1n) is 9.13. The monoisotopic (exact) mass is 394 g/mol. The van der Waals surface area contributed by atoms with E-state index in [1.54, 1.807) is 30.2 Å². The summed E-state index contributed by atoms with van der Waals surface area (Å²) < 4.78 is 0. The highest BCUT2D eigenvalue weighted by Crippen LogP contribution is 2.26. The van der Waals surface area contributed by atoms with Crippen LogP contribution in [0.3, 0.4) is 0 Å². The molecule has 5 N–H and O–H groups in total. The number of hydrogen-bond acceptors (Lipinski definition) is 4. The zero-order valence-corrected chi connectivity index (χ0v) is 17.1. The molecule has 7 heteroatoms. The van der Waals surface area contributed by atoms with Gasteiger partial charge >= 0.3 is 0 Å². The standard InChI is InChI=1S/C10H11ClN2O.C10H20N2O/c1-13-9(10(12)14)6-7-3-2-4-8(11)5-7;1-12(2)10(13)7-8-4-3-5-9(11)6-8/h2-6,13H,1H3,(H2,12,14);8-9H,3-7,11H2,1-2H3/b9-6-;. The highest BCUT2D eigenvalue weighted by atomic mass is 35.5. The van der Waals surface area contributed by atoms with Gasteiger partial charge in [-0.25, -0.2) is 0 Å². The third-order valence-electron chi connectivity index (χ3n) is 4.48. The minimum atomic E-state index is -0.493. The molecular formula is C20H31ClN4O2. The molecule has 0 heterocycles. The molecule has 0 bridgehead atoms. The first-order valence-corrected chi connectivity index (χ1v) is 9.51. The summed E-state index contributed by atoms with van der Waals surface area (Å²) in [6, 6.07) is 7.49. The lowest BCUT2D eigenvalue weighted by atomic mass is 9.84. The fourth-order valence-electron chi connectivity index (χ4n) is 2.98. The van der Waals surface area contributed by atoms with Crippen LogP contribution in [0.4, 0.5) is 0 Å². The summed E-state index contributed by atoms with van der Waals surface area (Å²) in [4.78, 5) is 23.9. The van der Waals surface area contributed by atoms with E-state index in [-0.39, 0.29) is 5.91 Å². The largest absolute Gasteiger partial charge is 0.384 e. The lowest BCUT2D eigenvalue weighted by Gasteiger charge is -2.26. The van der Waals surface area contributed by atoms with Crippen molar-refractivity contribution in [1.82, 2.24) is 10.2 Å². The number of amides is 2. The van der Waals surface area contributed by atoms with Crippen molar-refractivity contribution in [3.05, 3.63) is 40.5 Å². The molecule has 0 radical (unpaired) electrons. The number of nitrogens with one attached hydrogen (secondary N) is 1. The molecule has 2 amide bonds. The molecule has 1 fully saturated rings. The molecular weight excluding hydrogens is 364 g/mol. The van der Waals surface area contributed by atoms with Crippen molar-refractivity contribution in [3.63, 3.8) is 0 Å². The maximum Gasteiger partial charge on any atom is 0.264 e. The van der Waals surface area contributed by atoms with E-state index in [0.717, 1.165) is 18.4 Å². The SMILES string of the molecule is CN(C)C(=O)CC1CCCC(N)C1.CN/C(=C\c1cccc(Cl)c1)C(N)=O. The number of hydrogen-bond donors (Lipinski definition) is 3. The van der Waals surface area contributed by atoms with Crippen LogP contribution in [-0.4, -0.2) is 43.9 Å². The zero-order chi connectivity index (χ0) is 20.4. The average Bonchev–Trinajstić information content (AvgIpc) is 2.60. The van der Waals surface area contributed by atoms with Crippen molar-refractivity contribution < 1.29 is 9.59 Å². The summed E-state index contributed by atoms with van der Waals surface area (Å²) >= 11 is 5.79. The van der Waals surface area contributed by atoms with Crippen molar-refractivity contribution in [3.8, 4) is 0 Å². The Bertz CT molecular complexity index is 661. The van der Waals surface area contributed by atoms with Crippen LogP contribution in [0.15, 0.2) is 30.0 Å². The van der Waals surface area contributed by atoms with E-state index in [4.69, 9.17) is 23.1 Å². The van der Waals surface area contributed by atoms with Crippen LogP contribution in [0.25, 0.3) is 6.08 Å². The molecule has 1 aliphatic rings. The van der Waals surface area contributed by atoms with Gasteiger partial charge in [0.15, 0.2) is 0 Å². The Morgan fingerprint density at radius 2 is 2.04 bits per heavy atom. The van der Waals surface area contributed by atoms with Gasteiger partial charge in [0.25, 0.3) is 5.91 Å². The highest BCUT2D eigenvalue weighted by Gasteiger charge is 2.21. The quantitative estimate of drug-likeness (QED) is 0.667. The van der Waals surface area contributed by atoms with Crippen molar-refractivity contribution in [1.29, 1.82) is 0 Å². The van der Waals surface area contributed by atoms with Crippen molar-refractivity contribution in [2.75, 3.05) is 21.1 Å². The van der Waals surface area contributed by atoms with Crippen LogP contribution in [0.1, 0.15) is 37.7 Å². The summed E-state index contributed by atoms with van der Waals surface area (Å²) in [6.07, 6.45) is 6.85. The second kappa shape index (κ2) is 11.6. The van der Waals surface area contributed by atoms with Gasteiger partial charge in [0.2, 0.25) is 5.91 Å². The molecule has 1 aliphatic carbocycles. The third kappa shape index (κ3) is 8.93. The molecule has 0 aromatic heterocycles. The van der Waals surface area contributed by atoms with Crippen LogP contribution < -0.4 is 16.8 Å². The summed E-state index contributed by atoms with van der Waals surface area (Å²) in [5.74, 6) is 0.269. The Morgan fingerprint density at radius 3 is 2.56 bits per heavy atom. The smallest absolute Gasteiger partial charge is 0.264 e. The number of halogens is 1. The molecule has 1 aromatic carbocycles. The lowest BCUT2D eigenvalue weighted by Crippen LogP contribution is -2.31. The predicted octanol–water partition coefficient (Wildman–Crippen LogP) is 2.37. The number of nitrogens with zero attached hydrogens (tertiary/aromatic N) is 1. The number of carbonyl (C=O) groups excluding carboxylic acids is 2. The van der Waals surface area contributed by atoms with Crippen molar-refractivity contribution in [2.24, 2.45) is 17.4 Å². The number of carbonyl (C=O) groups is 2. The number of primary amides is 1. The van der Waals surface area contributed by atoms with Gasteiger partial charge < -0.3 is 21.7 Å². The Hall–Kier alpha value is -2.05. The predicted molar refractivity (Wildman–Crippen MR) is 111 cm³/mol. The lowest BCUT2D eigenvalue weighted by molar-refractivity contribution is -0.130. The molecule has 2 rings (SSSR count). The van der Waals surface area contributed by atoms with Crippen LogP contribution in [0, 0.1) is 5.92 Å². The minimum absolute atomic E-state index is 0.235. The van der Waals surface area contributed by atoms with Gasteiger partial charge in [-0.05, 0) is 49.0 Å². The topological polar surface area (TPSA) is 101 Å². The fraction of sp³-hybridized carbons (Fsp3) is 0.500. The van der Waals surface area contributed by atoms with E-state index < -0.39 is 5.91 Å². The third-order valence-corrected chi connectivity index (χ3v) is 4.72. The fourth-order valence-corrected chi connectivity index (χ4v) is 3.18. The van der Waals surface area contributed by atoms with Crippen LogP contribution >= 0.6 is 11.6 Å². The van der Waals surface area contributed by atoms with Gasteiger partial charge in [0, 0.05) is 38.6 Å². The van der Waals surface area contributed by atoms with Crippen LogP contribution in [0.5, 0.6) is 0 Å². The maximum absolute atomic E-state index is 11.4. The van der Waals surface area contributed by atoms with E-state index in [1.165, 1.54) is 12.8 Å². The zero-order valence-electron chi connectivity index (χ0n) is 16.4. The van der Waals surface area contributed by atoms with Gasteiger partial charge in [-0.2, -0.15) is 0 Å². The maximum atomic E-state index is 11.4. The van der Waals surface area contributed by atoms with Gasteiger partial charge in [-0.1, -0.05) is 30.2 Å². The second-order valence-electron chi connectivity index (χ2n) is 7.01. The molecule has 0 aliphatic heterocycles. The number of likely N-dealkylation sites (N-methyl/N-ethyl adjacent to an activating group) is 1. The van der Waals surface area contributed by atoms with Crippen LogP contribution in [-0.2, 0) is 9.59 Å². The van der Waals surface area contributed by atoms with Crippen molar-refractivity contribution >= 4 is 29.5 Å². The van der Waals surface area contributed by atoms with Gasteiger partial charge in [0.1, 0.15) is 0 Å². The molecule has 27 heavy (non-hydrogen) atoms. The van der Waals surface area contributed by atoms with E-state index in [2.05, 4.69) is 5.32 Å². The molecule has 6 nitrogen and oxygen atoms in total. The van der Waals surface area contributed by atoms with E-state index in [9.17, 15) is 9.59 Å². The summed E-state index contributed by atoms with van der Waals surface area (Å²) in [5, 5.41) is 3.34. The molecule has 1 aromatic rings. The Morgan fingerprint density at radius 1 is 1.33 bits per heavy atom. The van der Waals surface area contributed by atoms with Gasteiger partial charge in [0.05, 0.1) is 5.70 Å². The molecule has 150 valence electrons. The normalized spacial score (nSPS) is 19.5. The van der Waals surface area contributed by atoms with Gasteiger partial charge in [-0.3, -0.25) is 9.59 Å². The molecule has 1 saturated carbocycles. The van der Waals surface area contributed by atoms with Crippen LogP contribution in [0.2, 0.25) is 5.02 Å². The average molecular weight is 395 g/mol.